The monoisotopic (exact) mass is 294 g/mol. The van der Waals surface area contributed by atoms with Gasteiger partial charge in [-0.2, -0.15) is 0 Å². The number of carboxylic acids is 1. The summed E-state index contributed by atoms with van der Waals surface area (Å²) >= 11 is 3.41. The first-order valence-corrected chi connectivity index (χ1v) is 6.01. The number of benzene rings is 2. The number of carboxylic acid groups (broad SMARTS) is 1. The molecular formula is C13H11BrO3. The molecule has 3 nitrogen and oxygen atoms in total. The molecule has 2 aromatic rings. The number of carbonyl (C=O) groups is 1. The molecule has 2 rings (SSSR count). The second-order valence-corrected chi connectivity index (χ2v) is 4.32. The highest BCUT2D eigenvalue weighted by molar-refractivity contribution is 9.10. The van der Waals surface area contributed by atoms with E-state index in [0.29, 0.717) is 16.8 Å². The second-order valence-electron chi connectivity index (χ2n) is 3.53. The van der Waals surface area contributed by atoms with Gasteiger partial charge in [-0.15, -0.1) is 0 Å². The number of aromatic carboxylic acids is 1. The minimum Gasteiger partial charge on any atom is -0.492 e. The van der Waals surface area contributed by atoms with Crippen LogP contribution in [0.15, 0.2) is 34.8 Å². The van der Waals surface area contributed by atoms with E-state index in [1.54, 1.807) is 6.07 Å². The molecule has 17 heavy (non-hydrogen) atoms. The van der Waals surface area contributed by atoms with Crippen molar-refractivity contribution in [3.8, 4) is 5.75 Å². The first-order valence-electron chi connectivity index (χ1n) is 5.22. The minimum atomic E-state index is -0.986. The number of halogens is 1. The van der Waals surface area contributed by atoms with Crippen molar-refractivity contribution in [2.45, 2.75) is 6.92 Å². The Morgan fingerprint density at radius 2 is 2.12 bits per heavy atom. The number of fused-ring (bicyclic) bond motifs is 1. The van der Waals surface area contributed by atoms with E-state index >= 15 is 0 Å². The van der Waals surface area contributed by atoms with Gasteiger partial charge in [-0.05, 0) is 39.7 Å². The zero-order valence-electron chi connectivity index (χ0n) is 9.24. The molecule has 0 heterocycles. The van der Waals surface area contributed by atoms with Crippen LogP contribution in [0.25, 0.3) is 10.8 Å². The number of rotatable bonds is 3. The molecule has 0 aliphatic rings. The normalized spacial score (nSPS) is 10.5. The highest BCUT2D eigenvalue weighted by Crippen LogP contribution is 2.36. The third kappa shape index (κ3) is 2.13. The smallest absolute Gasteiger partial charge is 0.339 e. The summed E-state index contributed by atoms with van der Waals surface area (Å²) in [5.74, 6) is -0.599. The van der Waals surface area contributed by atoms with Gasteiger partial charge in [0.2, 0.25) is 0 Å². The Balaban J connectivity index is 2.78. The van der Waals surface area contributed by atoms with Crippen molar-refractivity contribution < 1.29 is 14.6 Å². The quantitative estimate of drug-likeness (QED) is 0.939. The average molecular weight is 295 g/mol. The summed E-state index contributed by atoms with van der Waals surface area (Å²) < 4.78 is 6.10. The summed E-state index contributed by atoms with van der Waals surface area (Å²) in [7, 11) is 0. The molecule has 0 unspecified atom stereocenters. The lowest BCUT2D eigenvalue weighted by Crippen LogP contribution is -2.04. The topological polar surface area (TPSA) is 46.5 Å². The Bertz CT molecular complexity index is 578. The molecule has 0 atom stereocenters. The van der Waals surface area contributed by atoms with Crippen LogP contribution >= 0.6 is 15.9 Å². The molecule has 0 aliphatic carbocycles. The van der Waals surface area contributed by atoms with Gasteiger partial charge in [0.1, 0.15) is 11.3 Å². The molecule has 2 aromatic carbocycles. The third-order valence-corrected chi connectivity index (χ3v) is 3.25. The summed E-state index contributed by atoms with van der Waals surface area (Å²) in [6.45, 7) is 2.25. The predicted molar refractivity (Wildman–Crippen MR) is 69.8 cm³/mol. The third-order valence-electron chi connectivity index (χ3n) is 2.46. The fourth-order valence-electron chi connectivity index (χ4n) is 1.73. The second kappa shape index (κ2) is 4.75. The Hall–Kier alpha value is -1.55. The minimum absolute atomic E-state index is 0.178. The maximum atomic E-state index is 11.2. The Labute approximate surface area is 107 Å². The lowest BCUT2D eigenvalue weighted by molar-refractivity contribution is 0.0692. The van der Waals surface area contributed by atoms with Gasteiger partial charge in [0.05, 0.1) is 11.1 Å². The molecular weight excluding hydrogens is 284 g/mol. The molecule has 4 heteroatoms. The van der Waals surface area contributed by atoms with Crippen molar-refractivity contribution in [1.82, 2.24) is 0 Å². The van der Waals surface area contributed by atoms with Crippen LogP contribution in [0.3, 0.4) is 0 Å². The van der Waals surface area contributed by atoms with Crippen molar-refractivity contribution in [2.75, 3.05) is 6.61 Å². The van der Waals surface area contributed by atoms with Crippen molar-refractivity contribution in [3.05, 3.63) is 40.4 Å². The summed E-state index contributed by atoms with van der Waals surface area (Å²) in [5.41, 5.74) is 0.178. The molecule has 0 aliphatic heterocycles. The van der Waals surface area contributed by atoms with E-state index in [2.05, 4.69) is 15.9 Å². The highest BCUT2D eigenvalue weighted by atomic mass is 79.9. The van der Waals surface area contributed by atoms with Crippen LogP contribution in [-0.2, 0) is 0 Å². The Kier molecular flexibility index (Phi) is 3.33. The van der Waals surface area contributed by atoms with E-state index in [9.17, 15) is 9.90 Å². The number of hydrogen-bond donors (Lipinski definition) is 1. The largest absolute Gasteiger partial charge is 0.492 e. The van der Waals surface area contributed by atoms with Gasteiger partial charge >= 0.3 is 5.97 Å². The zero-order chi connectivity index (χ0) is 12.4. The molecule has 0 radical (unpaired) electrons. The van der Waals surface area contributed by atoms with Crippen LogP contribution in [0.2, 0.25) is 0 Å². The summed E-state index contributed by atoms with van der Waals surface area (Å²) in [6.07, 6.45) is 0. The molecule has 88 valence electrons. The predicted octanol–water partition coefficient (Wildman–Crippen LogP) is 3.70. The van der Waals surface area contributed by atoms with Gasteiger partial charge in [-0.25, -0.2) is 4.79 Å². The van der Waals surface area contributed by atoms with Gasteiger partial charge in [-0.3, -0.25) is 0 Å². The van der Waals surface area contributed by atoms with E-state index in [1.807, 2.05) is 31.2 Å². The molecule has 0 bridgehead atoms. The number of hydrogen-bond acceptors (Lipinski definition) is 2. The van der Waals surface area contributed by atoms with Crippen LogP contribution in [0.4, 0.5) is 0 Å². The van der Waals surface area contributed by atoms with Crippen LogP contribution in [0.1, 0.15) is 17.3 Å². The molecule has 0 spiro atoms. The summed E-state index contributed by atoms with van der Waals surface area (Å²) in [4.78, 5) is 11.2. The molecule has 0 amide bonds. The van der Waals surface area contributed by atoms with Crippen LogP contribution in [-0.4, -0.2) is 17.7 Å². The van der Waals surface area contributed by atoms with Crippen molar-refractivity contribution in [2.24, 2.45) is 0 Å². The standard InChI is InChI=1S/C13H11BrO3/c1-2-17-12-10(13(15)16)7-8-5-3-4-6-9(8)11(12)14/h3-7H,2H2,1H3,(H,15,16). The van der Waals surface area contributed by atoms with Gasteiger partial charge < -0.3 is 9.84 Å². The van der Waals surface area contributed by atoms with E-state index in [1.165, 1.54) is 0 Å². The van der Waals surface area contributed by atoms with Gasteiger partial charge in [0, 0.05) is 0 Å². The molecule has 0 fully saturated rings. The molecule has 1 N–H and O–H groups in total. The number of ether oxygens (including phenoxy) is 1. The van der Waals surface area contributed by atoms with Gasteiger partial charge in [0.15, 0.2) is 0 Å². The molecule has 0 aromatic heterocycles. The lowest BCUT2D eigenvalue weighted by Gasteiger charge is -2.12. The fourth-order valence-corrected chi connectivity index (χ4v) is 2.42. The van der Waals surface area contributed by atoms with E-state index in [0.717, 1.165) is 10.8 Å². The Morgan fingerprint density at radius 1 is 1.41 bits per heavy atom. The Morgan fingerprint density at radius 3 is 2.76 bits per heavy atom. The zero-order valence-corrected chi connectivity index (χ0v) is 10.8. The van der Waals surface area contributed by atoms with Crippen molar-refractivity contribution >= 4 is 32.7 Å². The SMILES string of the molecule is CCOc1c(C(=O)O)cc2ccccc2c1Br. The van der Waals surface area contributed by atoms with E-state index in [-0.39, 0.29) is 5.56 Å². The molecule has 0 saturated carbocycles. The van der Waals surface area contributed by atoms with Crippen molar-refractivity contribution in [1.29, 1.82) is 0 Å². The summed E-state index contributed by atoms with van der Waals surface area (Å²) in [6, 6.07) is 9.22. The maximum Gasteiger partial charge on any atom is 0.339 e. The lowest BCUT2D eigenvalue weighted by atomic mass is 10.1. The average Bonchev–Trinajstić information content (AvgIpc) is 2.32. The molecule has 0 saturated heterocycles. The van der Waals surface area contributed by atoms with Crippen LogP contribution in [0.5, 0.6) is 5.75 Å². The van der Waals surface area contributed by atoms with Gasteiger partial charge in [-0.1, -0.05) is 24.3 Å². The van der Waals surface area contributed by atoms with Crippen LogP contribution in [0, 0.1) is 0 Å². The fraction of sp³-hybridized carbons (Fsp3) is 0.154. The van der Waals surface area contributed by atoms with Crippen molar-refractivity contribution in [3.63, 3.8) is 0 Å². The summed E-state index contributed by atoms with van der Waals surface area (Å²) in [5, 5.41) is 11.0. The van der Waals surface area contributed by atoms with Crippen LogP contribution < -0.4 is 4.74 Å². The van der Waals surface area contributed by atoms with Gasteiger partial charge in [0.25, 0.3) is 0 Å². The highest BCUT2D eigenvalue weighted by Gasteiger charge is 2.17. The van der Waals surface area contributed by atoms with E-state index in [4.69, 9.17) is 4.74 Å². The first-order chi connectivity index (χ1) is 8.15. The first kappa shape index (κ1) is 11.9. The maximum absolute atomic E-state index is 11.2. The van der Waals surface area contributed by atoms with E-state index < -0.39 is 5.97 Å².